The van der Waals surface area contributed by atoms with Crippen LogP contribution < -0.4 is 5.32 Å². The Labute approximate surface area is 113 Å². The number of nitrogens with one attached hydrogen (secondary N) is 2. The van der Waals surface area contributed by atoms with Crippen LogP contribution in [0.3, 0.4) is 0 Å². The van der Waals surface area contributed by atoms with Crippen LogP contribution in [0, 0.1) is 0 Å². The fourth-order valence-corrected chi connectivity index (χ4v) is 2.03. The highest BCUT2D eigenvalue weighted by Gasteiger charge is 2.12. The lowest BCUT2D eigenvalue weighted by Crippen LogP contribution is -2.26. The zero-order valence-corrected chi connectivity index (χ0v) is 11.3. The van der Waals surface area contributed by atoms with Gasteiger partial charge in [-0.3, -0.25) is 4.79 Å². The second-order valence-corrected chi connectivity index (χ2v) is 4.81. The molecular formula is C15H19N3O. The van der Waals surface area contributed by atoms with Gasteiger partial charge in [0.1, 0.15) is 0 Å². The average molecular weight is 257 g/mol. The Morgan fingerprint density at radius 1 is 1.37 bits per heavy atom. The van der Waals surface area contributed by atoms with Gasteiger partial charge in [0.15, 0.2) is 0 Å². The van der Waals surface area contributed by atoms with Crippen molar-refractivity contribution in [3.8, 4) is 0 Å². The van der Waals surface area contributed by atoms with Crippen molar-refractivity contribution in [2.45, 2.75) is 26.2 Å². The highest BCUT2D eigenvalue weighted by Crippen LogP contribution is 2.18. The number of carbonyl (C=O) groups is 1. The molecule has 100 valence electrons. The van der Waals surface area contributed by atoms with Crippen LogP contribution in [-0.2, 0) is 6.42 Å². The maximum absolute atomic E-state index is 12.2. The third-order valence-electron chi connectivity index (χ3n) is 3.05. The van der Waals surface area contributed by atoms with Gasteiger partial charge >= 0.3 is 0 Å². The number of amides is 1. The first-order chi connectivity index (χ1) is 9.18. The molecular weight excluding hydrogens is 238 g/mol. The van der Waals surface area contributed by atoms with Gasteiger partial charge in [0.05, 0.1) is 12.0 Å². The standard InChI is InChI=1S/C15H19N3O/c1-11(2)13-5-3-4-6-14(13)15(19)17-8-7-12-9-16-10-18-12/h3-6,9-11H,7-8H2,1-2H3,(H,16,18)(H,17,19). The van der Waals surface area contributed by atoms with Crippen LogP contribution in [-0.4, -0.2) is 22.4 Å². The van der Waals surface area contributed by atoms with Crippen molar-refractivity contribution < 1.29 is 4.79 Å². The first-order valence-electron chi connectivity index (χ1n) is 6.53. The molecule has 0 bridgehead atoms. The first kappa shape index (κ1) is 13.3. The van der Waals surface area contributed by atoms with Gasteiger partial charge in [-0.1, -0.05) is 32.0 Å². The van der Waals surface area contributed by atoms with Crippen LogP contribution in [0.25, 0.3) is 0 Å². The largest absolute Gasteiger partial charge is 0.352 e. The molecule has 4 heteroatoms. The van der Waals surface area contributed by atoms with Crippen molar-refractivity contribution in [2.75, 3.05) is 6.54 Å². The zero-order chi connectivity index (χ0) is 13.7. The van der Waals surface area contributed by atoms with E-state index in [0.717, 1.165) is 23.2 Å². The van der Waals surface area contributed by atoms with E-state index in [0.29, 0.717) is 12.5 Å². The predicted molar refractivity (Wildman–Crippen MR) is 75.2 cm³/mol. The Balaban J connectivity index is 1.96. The molecule has 2 aromatic rings. The Morgan fingerprint density at radius 2 is 2.16 bits per heavy atom. The summed E-state index contributed by atoms with van der Waals surface area (Å²) < 4.78 is 0. The van der Waals surface area contributed by atoms with Gasteiger partial charge in [0.2, 0.25) is 0 Å². The van der Waals surface area contributed by atoms with Crippen LogP contribution in [0.4, 0.5) is 0 Å². The normalized spacial score (nSPS) is 10.7. The van der Waals surface area contributed by atoms with E-state index in [9.17, 15) is 4.79 Å². The topological polar surface area (TPSA) is 57.8 Å². The lowest BCUT2D eigenvalue weighted by Gasteiger charge is -2.12. The number of carbonyl (C=O) groups excluding carboxylic acids is 1. The molecule has 2 N–H and O–H groups in total. The number of aromatic amines is 1. The molecule has 0 fully saturated rings. The molecule has 0 aliphatic carbocycles. The summed E-state index contributed by atoms with van der Waals surface area (Å²) in [5.74, 6) is 0.327. The Kier molecular flexibility index (Phi) is 4.34. The van der Waals surface area contributed by atoms with Crippen molar-refractivity contribution in [3.05, 3.63) is 53.6 Å². The summed E-state index contributed by atoms with van der Waals surface area (Å²) in [6, 6.07) is 7.75. The number of imidazole rings is 1. The molecule has 4 nitrogen and oxygen atoms in total. The monoisotopic (exact) mass is 257 g/mol. The van der Waals surface area contributed by atoms with Gasteiger partial charge in [-0.15, -0.1) is 0 Å². The second-order valence-electron chi connectivity index (χ2n) is 4.81. The predicted octanol–water partition coefficient (Wildman–Crippen LogP) is 2.51. The quantitative estimate of drug-likeness (QED) is 0.864. The van der Waals surface area contributed by atoms with Gasteiger partial charge in [-0.2, -0.15) is 0 Å². The Hall–Kier alpha value is -2.10. The number of nitrogens with zero attached hydrogens (tertiary/aromatic N) is 1. The minimum atomic E-state index is -0.0140. The summed E-state index contributed by atoms with van der Waals surface area (Å²) in [6.07, 6.45) is 4.22. The van der Waals surface area contributed by atoms with Crippen molar-refractivity contribution in [3.63, 3.8) is 0 Å². The number of benzene rings is 1. The third kappa shape index (κ3) is 3.44. The number of aromatic nitrogens is 2. The molecule has 1 aromatic carbocycles. The van der Waals surface area contributed by atoms with Gasteiger partial charge in [0.25, 0.3) is 5.91 Å². The van der Waals surface area contributed by atoms with Gasteiger partial charge in [0, 0.05) is 24.7 Å². The summed E-state index contributed by atoms with van der Waals surface area (Å²) in [5, 5.41) is 2.94. The molecule has 0 radical (unpaired) electrons. The lowest BCUT2D eigenvalue weighted by molar-refractivity contribution is 0.0953. The smallest absolute Gasteiger partial charge is 0.251 e. The molecule has 0 aliphatic heterocycles. The number of hydrogen-bond acceptors (Lipinski definition) is 2. The second kappa shape index (κ2) is 6.18. The molecule has 0 saturated carbocycles. The first-order valence-corrected chi connectivity index (χ1v) is 6.53. The molecule has 0 atom stereocenters. The molecule has 1 amide bonds. The van der Waals surface area contributed by atoms with Crippen LogP contribution in [0.5, 0.6) is 0 Å². The van der Waals surface area contributed by atoms with Gasteiger partial charge < -0.3 is 10.3 Å². The van der Waals surface area contributed by atoms with E-state index in [4.69, 9.17) is 0 Å². The number of rotatable bonds is 5. The molecule has 0 saturated heterocycles. The minimum Gasteiger partial charge on any atom is -0.352 e. The maximum Gasteiger partial charge on any atom is 0.251 e. The number of hydrogen-bond donors (Lipinski definition) is 2. The summed E-state index contributed by atoms with van der Waals surface area (Å²) in [5.41, 5.74) is 2.80. The third-order valence-corrected chi connectivity index (χ3v) is 3.05. The van der Waals surface area contributed by atoms with E-state index < -0.39 is 0 Å². The number of H-pyrrole nitrogens is 1. The molecule has 1 heterocycles. The van der Waals surface area contributed by atoms with E-state index in [1.807, 2.05) is 30.5 Å². The summed E-state index contributed by atoms with van der Waals surface area (Å²) in [7, 11) is 0. The van der Waals surface area contributed by atoms with Gasteiger partial charge in [-0.25, -0.2) is 4.98 Å². The summed E-state index contributed by atoms with van der Waals surface area (Å²) >= 11 is 0. The Bertz CT molecular complexity index is 532. The van der Waals surface area contributed by atoms with Crippen LogP contribution in [0.2, 0.25) is 0 Å². The summed E-state index contributed by atoms with van der Waals surface area (Å²) in [4.78, 5) is 19.2. The van der Waals surface area contributed by atoms with E-state index in [2.05, 4.69) is 29.1 Å². The van der Waals surface area contributed by atoms with E-state index in [-0.39, 0.29) is 5.91 Å². The molecule has 2 rings (SSSR count). The highest BCUT2D eigenvalue weighted by molar-refractivity contribution is 5.95. The van der Waals surface area contributed by atoms with Gasteiger partial charge in [-0.05, 0) is 17.5 Å². The van der Waals surface area contributed by atoms with Crippen LogP contribution in [0.15, 0.2) is 36.8 Å². The molecule has 0 spiro atoms. The van der Waals surface area contributed by atoms with E-state index in [1.165, 1.54) is 0 Å². The molecule has 0 aliphatic rings. The molecule has 1 aromatic heterocycles. The average Bonchev–Trinajstić information content (AvgIpc) is 2.91. The van der Waals surface area contributed by atoms with Crippen LogP contribution >= 0.6 is 0 Å². The highest BCUT2D eigenvalue weighted by atomic mass is 16.1. The van der Waals surface area contributed by atoms with E-state index in [1.54, 1.807) is 6.33 Å². The van der Waals surface area contributed by atoms with Crippen molar-refractivity contribution in [1.82, 2.24) is 15.3 Å². The fourth-order valence-electron chi connectivity index (χ4n) is 2.03. The maximum atomic E-state index is 12.2. The minimum absolute atomic E-state index is 0.0140. The van der Waals surface area contributed by atoms with Crippen molar-refractivity contribution >= 4 is 5.91 Å². The zero-order valence-electron chi connectivity index (χ0n) is 11.3. The van der Waals surface area contributed by atoms with Crippen molar-refractivity contribution in [2.24, 2.45) is 0 Å². The fraction of sp³-hybridized carbons (Fsp3) is 0.333. The van der Waals surface area contributed by atoms with Crippen LogP contribution in [0.1, 0.15) is 41.4 Å². The Morgan fingerprint density at radius 3 is 2.84 bits per heavy atom. The molecule has 19 heavy (non-hydrogen) atoms. The van der Waals surface area contributed by atoms with E-state index >= 15 is 0 Å². The summed E-state index contributed by atoms with van der Waals surface area (Å²) in [6.45, 7) is 4.78. The molecule has 0 unspecified atom stereocenters. The van der Waals surface area contributed by atoms with Crippen molar-refractivity contribution in [1.29, 1.82) is 0 Å². The lowest BCUT2D eigenvalue weighted by atomic mass is 9.97. The SMILES string of the molecule is CC(C)c1ccccc1C(=O)NCCc1c[nH]cn1.